The summed E-state index contributed by atoms with van der Waals surface area (Å²) in [7, 11) is 0. The van der Waals surface area contributed by atoms with Gasteiger partial charge in [0.1, 0.15) is 6.61 Å². The van der Waals surface area contributed by atoms with Crippen LogP contribution in [0.1, 0.15) is 37.8 Å². The van der Waals surface area contributed by atoms with Crippen molar-refractivity contribution < 1.29 is 17.9 Å². The minimum Gasteiger partial charge on any atom is -0.367 e. The van der Waals surface area contributed by atoms with E-state index in [2.05, 4.69) is 32.2 Å². The molecule has 5 nitrogen and oxygen atoms in total. The second-order valence-electron chi connectivity index (χ2n) is 6.91. The molecule has 0 unspecified atom stereocenters. The molecular weight excluding hydrogens is 496 g/mol. The third-order valence-corrected chi connectivity index (χ3v) is 4.48. The van der Waals surface area contributed by atoms with Gasteiger partial charge in [0.15, 0.2) is 5.96 Å². The minimum absolute atomic E-state index is 0. The lowest BCUT2D eigenvalue weighted by molar-refractivity contribution is -0.176. The maximum absolute atomic E-state index is 12.1. The topological polar surface area (TPSA) is 48.9 Å². The molecule has 0 aliphatic heterocycles. The van der Waals surface area contributed by atoms with Gasteiger partial charge in [-0.25, -0.2) is 4.99 Å². The van der Waals surface area contributed by atoms with Crippen molar-refractivity contribution >= 4 is 29.9 Å². The van der Waals surface area contributed by atoms with Crippen LogP contribution in [0.15, 0.2) is 29.3 Å². The SMILES string of the molecule is CCNC(=NCc1ccc(COCC(F)(F)F)cc1)NCCN(CC)C1CC1.I. The molecule has 1 aromatic carbocycles. The maximum Gasteiger partial charge on any atom is 0.411 e. The van der Waals surface area contributed by atoms with Crippen molar-refractivity contribution in [1.82, 2.24) is 15.5 Å². The lowest BCUT2D eigenvalue weighted by Crippen LogP contribution is -2.42. The number of rotatable bonds is 11. The van der Waals surface area contributed by atoms with E-state index in [9.17, 15) is 13.2 Å². The molecule has 166 valence electrons. The molecule has 0 atom stereocenters. The standard InChI is InChI=1S/C20H31F3N4O.HI/c1-3-24-19(25-11-12-27(4-2)18-9-10-18)26-13-16-5-7-17(8-6-16)14-28-15-20(21,22)23;/h5-8,18H,3-4,9-15H2,1-2H3,(H2,24,25,26);1H. The number of nitrogens with one attached hydrogen (secondary N) is 2. The van der Waals surface area contributed by atoms with Crippen LogP contribution in [0, 0.1) is 0 Å². The zero-order valence-corrected chi connectivity index (χ0v) is 19.4. The van der Waals surface area contributed by atoms with E-state index in [-0.39, 0.29) is 30.6 Å². The van der Waals surface area contributed by atoms with E-state index in [1.807, 2.05) is 19.1 Å². The second-order valence-corrected chi connectivity index (χ2v) is 6.91. The number of likely N-dealkylation sites (N-methyl/N-ethyl adjacent to an activating group) is 1. The van der Waals surface area contributed by atoms with Gasteiger partial charge in [0.25, 0.3) is 0 Å². The van der Waals surface area contributed by atoms with Gasteiger partial charge in [0, 0.05) is 25.7 Å². The molecule has 0 bridgehead atoms. The Morgan fingerprint density at radius 1 is 1.14 bits per heavy atom. The van der Waals surface area contributed by atoms with Crippen LogP contribution >= 0.6 is 24.0 Å². The zero-order valence-electron chi connectivity index (χ0n) is 17.1. The van der Waals surface area contributed by atoms with Crippen LogP contribution in [0.25, 0.3) is 0 Å². The van der Waals surface area contributed by atoms with Gasteiger partial charge >= 0.3 is 6.18 Å². The van der Waals surface area contributed by atoms with Crippen molar-refractivity contribution in [2.24, 2.45) is 4.99 Å². The van der Waals surface area contributed by atoms with E-state index in [1.54, 1.807) is 12.1 Å². The highest BCUT2D eigenvalue weighted by Gasteiger charge is 2.27. The van der Waals surface area contributed by atoms with Crippen molar-refractivity contribution in [2.45, 2.75) is 52.1 Å². The fraction of sp³-hybridized carbons (Fsp3) is 0.650. The lowest BCUT2D eigenvalue weighted by atomic mass is 10.1. The zero-order chi connectivity index (χ0) is 20.4. The van der Waals surface area contributed by atoms with E-state index >= 15 is 0 Å². The van der Waals surface area contributed by atoms with Crippen molar-refractivity contribution in [3.8, 4) is 0 Å². The predicted molar refractivity (Wildman–Crippen MR) is 121 cm³/mol. The number of nitrogens with zero attached hydrogens (tertiary/aromatic N) is 2. The first-order chi connectivity index (χ1) is 13.4. The van der Waals surface area contributed by atoms with Gasteiger partial charge in [-0.15, -0.1) is 24.0 Å². The Balaban J connectivity index is 0.00000420. The number of alkyl halides is 3. The van der Waals surface area contributed by atoms with E-state index in [0.29, 0.717) is 12.1 Å². The molecule has 0 spiro atoms. The van der Waals surface area contributed by atoms with Crippen molar-refractivity contribution in [3.05, 3.63) is 35.4 Å². The molecule has 1 fully saturated rings. The number of halogens is 4. The van der Waals surface area contributed by atoms with Crippen molar-refractivity contribution in [2.75, 3.05) is 32.8 Å². The van der Waals surface area contributed by atoms with Gasteiger partial charge in [-0.2, -0.15) is 13.2 Å². The van der Waals surface area contributed by atoms with E-state index in [0.717, 1.165) is 43.7 Å². The molecule has 0 amide bonds. The molecule has 2 N–H and O–H groups in total. The first kappa shape index (κ1) is 26.0. The summed E-state index contributed by atoms with van der Waals surface area (Å²) in [6.45, 7) is 7.11. The fourth-order valence-electron chi connectivity index (χ4n) is 2.89. The first-order valence-electron chi connectivity index (χ1n) is 9.89. The Morgan fingerprint density at radius 2 is 1.79 bits per heavy atom. The molecule has 1 aliphatic rings. The Morgan fingerprint density at radius 3 is 2.34 bits per heavy atom. The van der Waals surface area contributed by atoms with Crippen molar-refractivity contribution in [1.29, 1.82) is 0 Å². The number of aliphatic imine (C=N–C) groups is 1. The number of hydrogen-bond acceptors (Lipinski definition) is 3. The van der Waals surface area contributed by atoms with E-state index in [1.165, 1.54) is 12.8 Å². The molecule has 1 saturated carbocycles. The van der Waals surface area contributed by atoms with Crippen molar-refractivity contribution in [3.63, 3.8) is 0 Å². The Hall–Kier alpha value is -1.07. The van der Waals surface area contributed by atoms with Crippen LogP contribution in [0.4, 0.5) is 13.2 Å². The number of guanidine groups is 1. The van der Waals surface area contributed by atoms with Gasteiger partial charge in [0.2, 0.25) is 0 Å². The first-order valence-corrected chi connectivity index (χ1v) is 9.89. The molecule has 0 saturated heterocycles. The van der Waals surface area contributed by atoms with Gasteiger partial charge < -0.3 is 15.4 Å². The summed E-state index contributed by atoms with van der Waals surface area (Å²) >= 11 is 0. The summed E-state index contributed by atoms with van der Waals surface area (Å²) in [4.78, 5) is 7.07. The highest BCUT2D eigenvalue weighted by Crippen LogP contribution is 2.25. The van der Waals surface area contributed by atoms with Crippen LogP contribution in [-0.4, -0.2) is 55.9 Å². The van der Waals surface area contributed by atoms with E-state index in [4.69, 9.17) is 0 Å². The molecule has 0 aromatic heterocycles. The average molecular weight is 528 g/mol. The Kier molecular flexibility index (Phi) is 11.9. The summed E-state index contributed by atoms with van der Waals surface area (Å²) in [5, 5.41) is 6.60. The molecule has 0 heterocycles. The molecular formula is C20H32F3IN4O. The fourth-order valence-corrected chi connectivity index (χ4v) is 2.89. The van der Waals surface area contributed by atoms with Crippen LogP contribution in [0.3, 0.4) is 0 Å². The number of hydrogen-bond donors (Lipinski definition) is 2. The van der Waals surface area contributed by atoms with Crippen LogP contribution in [-0.2, 0) is 17.9 Å². The summed E-state index contributed by atoms with van der Waals surface area (Å²) in [5.74, 6) is 0.770. The monoisotopic (exact) mass is 528 g/mol. The number of benzene rings is 1. The third-order valence-electron chi connectivity index (χ3n) is 4.48. The average Bonchev–Trinajstić information content (AvgIpc) is 3.48. The van der Waals surface area contributed by atoms with Gasteiger partial charge in [-0.3, -0.25) is 4.90 Å². The third kappa shape index (κ3) is 11.0. The summed E-state index contributed by atoms with van der Waals surface area (Å²) in [6, 6.07) is 8.04. The second kappa shape index (κ2) is 13.3. The van der Waals surface area contributed by atoms with Crippen LogP contribution < -0.4 is 10.6 Å². The molecule has 2 rings (SSSR count). The molecule has 9 heteroatoms. The van der Waals surface area contributed by atoms with E-state index < -0.39 is 12.8 Å². The van der Waals surface area contributed by atoms with Crippen LogP contribution in [0.2, 0.25) is 0 Å². The molecule has 29 heavy (non-hydrogen) atoms. The van der Waals surface area contributed by atoms with Gasteiger partial charge in [-0.05, 0) is 37.4 Å². The molecule has 1 aliphatic carbocycles. The number of ether oxygens (including phenoxy) is 1. The van der Waals surface area contributed by atoms with Gasteiger partial charge in [0.05, 0.1) is 13.2 Å². The van der Waals surface area contributed by atoms with Crippen LogP contribution in [0.5, 0.6) is 0 Å². The lowest BCUT2D eigenvalue weighted by Gasteiger charge is -2.20. The highest BCUT2D eigenvalue weighted by molar-refractivity contribution is 14.0. The molecule has 1 aromatic rings. The Labute approximate surface area is 188 Å². The summed E-state index contributed by atoms with van der Waals surface area (Å²) in [5.41, 5.74) is 1.70. The largest absolute Gasteiger partial charge is 0.411 e. The summed E-state index contributed by atoms with van der Waals surface area (Å²) < 4.78 is 41.0. The Bertz CT molecular complexity index is 607. The predicted octanol–water partition coefficient (Wildman–Crippen LogP) is 3.92. The summed E-state index contributed by atoms with van der Waals surface area (Å²) in [6.07, 6.45) is -1.68. The molecule has 0 radical (unpaired) electrons. The smallest absolute Gasteiger partial charge is 0.367 e. The quantitative estimate of drug-likeness (QED) is 0.260. The minimum atomic E-state index is -4.29. The van der Waals surface area contributed by atoms with Gasteiger partial charge in [-0.1, -0.05) is 31.2 Å². The highest BCUT2D eigenvalue weighted by atomic mass is 127. The normalized spacial score (nSPS) is 14.6. The maximum atomic E-state index is 12.1.